The van der Waals surface area contributed by atoms with Gasteiger partial charge in [-0.15, -0.1) is 0 Å². The van der Waals surface area contributed by atoms with Crippen LogP contribution in [0.5, 0.6) is 5.75 Å². The summed E-state index contributed by atoms with van der Waals surface area (Å²) in [5.41, 5.74) is 3.53. The first kappa shape index (κ1) is 12.4. The molecule has 0 radical (unpaired) electrons. The first-order valence-electron chi connectivity index (χ1n) is 5.98. The van der Waals surface area contributed by atoms with Crippen molar-refractivity contribution in [3.05, 3.63) is 65.2 Å². The van der Waals surface area contributed by atoms with E-state index in [4.69, 9.17) is 4.74 Å². The Morgan fingerprint density at radius 1 is 1.06 bits per heavy atom. The molecule has 0 fully saturated rings. The molecule has 0 saturated carbocycles. The van der Waals surface area contributed by atoms with Crippen LogP contribution in [0.3, 0.4) is 0 Å². The molecule has 2 aromatic rings. The highest BCUT2D eigenvalue weighted by Gasteiger charge is 1.98. The summed E-state index contributed by atoms with van der Waals surface area (Å²) in [6, 6.07) is 16.2. The van der Waals surface area contributed by atoms with Gasteiger partial charge >= 0.3 is 0 Å². The summed E-state index contributed by atoms with van der Waals surface area (Å²) in [7, 11) is 1.67. The summed E-state index contributed by atoms with van der Waals surface area (Å²) >= 11 is 0. The van der Waals surface area contributed by atoms with Crippen LogP contribution >= 0.6 is 0 Å². The second-order valence-electron chi connectivity index (χ2n) is 4.14. The Balaban J connectivity index is 2.10. The van der Waals surface area contributed by atoms with E-state index >= 15 is 0 Å². The third kappa shape index (κ3) is 2.98. The molecule has 0 heterocycles. The number of ether oxygens (including phenoxy) is 1. The van der Waals surface area contributed by atoms with Crippen molar-refractivity contribution in [2.45, 2.75) is 13.5 Å². The molecule has 0 atom stereocenters. The molecule has 0 aliphatic carbocycles. The van der Waals surface area contributed by atoms with Crippen LogP contribution in [0.25, 0.3) is 0 Å². The Labute approximate surface area is 108 Å². The highest BCUT2D eigenvalue weighted by atomic mass is 16.5. The predicted molar refractivity (Wildman–Crippen MR) is 75.5 cm³/mol. The summed E-state index contributed by atoms with van der Waals surface area (Å²) in [4.78, 5) is 4.48. The van der Waals surface area contributed by atoms with Gasteiger partial charge in [-0.25, -0.2) is 0 Å². The maximum Gasteiger partial charge on any atom is 0.127 e. The summed E-state index contributed by atoms with van der Waals surface area (Å²) in [6.07, 6.45) is 1.87. The van der Waals surface area contributed by atoms with E-state index in [1.54, 1.807) is 7.11 Å². The Kier molecular flexibility index (Phi) is 4.13. The average Bonchev–Trinajstić information content (AvgIpc) is 2.41. The number of nitrogens with zero attached hydrogens (tertiary/aromatic N) is 1. The minimum absolute atomic E-state index is 0.699. The first-order chi connectivity index (χ1) is 8.81. The molecule has 18 heavy (non-hydrogen) atoms. The lowest BCUT2D eigenvalue weighted by Gasteiger charge is -2.04. The zero-order valence-corrected chi connectivity index (χ0v) is 10.8. The molecule has 2 aromatic carbocycles. The number of hydrogen-bond donors (Lipinski definition) is 0. The molecule has 0 aliphatic rings. The Hall–Kier alpha value is -2.09. The number of hydrogen-bond acceptors (Lipinski definition) is 2. The van der Waals surface area contributed by atoms with Crippen LogP contribution in [0, 0.1) is 6.92 Å². The predicted octanol–water partition coefficient (Wildman–Crippen LogP) is 3.62. The van der Waals surface area contributed by atoms with Gasteiger partial charge in [0.1, 0.15) is 5.75 Å². The van der Waals surface area contributed by atoms with Gasteiger partial charge in [-0.05, 0) is 30.2 Å². The minimum Gasteiger partial charge on any atom is -0.496 e. The second-order valence-corrected chi connectivity index (χ2v) is 4.14. The van der Waals surface area contributed by atoms with E-state index in [1.807, 2.05) is 42.6 Å². The molecule has 0 spiro atoms. The molecule has 92 valence electrons. The van der Waals surface area contributed by atoms with Gasteiger partial charge in [0.15, 0.2) is 0 Å². The maximum atomic E-state index is 5.28. The largest absolute Gasteiger partial charge is 0.496 e. The summed E-state index contributed by atoms with van der Waals surface area (Å²) in [6.45, 7) is 2.80. The topological polar surface area (TPSA) is 21.6 Å². The molecule has 0 aromatic heterocycles. The van der Waals surface area contributed by atoms with E-state index in [9.17, 15) is 0 Å². The number of methoxy groups -OCH3 is 1. The van der Waals surface area contributed by atoms with Gasteiger partial charge in [0.2, 0.25) is 0 Å². The van der Waals surface area contributed by atoms with E-state index in [0.29, 0.717) is 6.54 Å². The summed E-state index contributed by atoms with van der Waals surface area (Å²) in [5.74, 6) is 0.853. The monoisotopic (exact) mass is 239 g/mol. The van der Waals surface area contributed by atoms with Gasteiger partial charge in [0.25, 0.3) is 0 Å². The third-order valence-electron chi connectivity index (χ3n) is 2.89. The SMILES string of the molecule is COc1ccccc1C=NCc1ccccc1C. The quantitative estimate of drug-likeness (QED) is 0.747. The van der Waals surface area contributed by atoms with Crippen molar-refractivity contribution in [3.63, 3.8) is 0 Å². The van der Waals surface area contributed by atoms with Gasteiger partial charge in [0.05, 0.1) is 13.7 Å². The lowest BCUT2D eigenvalue weighted by Crippen LogP contribution is -1.91. The van der Waals surface area contributed by atoms with Crippen molar-refractivity contribution in [3.8, 4) is 5.75 Å². The molecule has 0 amide bonds. The molecule has 2 heteroatoms. The molecular formula is C16H17NO. The number of rotatable bonds is 4. The van der Waals surface area contributed by atoms with Crippen molar-refractivity contribution < 1.29 is 4.74 Å². The Morgan fingerprint density at radius 3 is 2.56 bits per heavy atom. The fraction of sp³-hybridized carbons (Fsp3) is 0.188. The lowest BCUT2D eigenvalue weighted by atomic mass is 10.1. The molecule has 0 unspecified atom stereocenters. The van der Waals surface area contributed by atoms with Gasteiger partial charge in [-0.3, -0.25) is 4.99 Å². The van der Waals surface area contributed by atoms with Crippen LogP contribution in [0.15, 0.2) is 53.5 Å². The van der Waals surface area contributed by atoms with Gasteiger partial charge in [0, 0.05) is 11.8 Å². The van der Waals surface area contributed by atoms with E-state index in [-0.39, 0.29) is 0 Å². The molecule has 2 nitrogen and oxygen atoms in total. The summed E-state index contributed by atoms with van der Waals surface area (Å²) in [5, 5.41) is 0. The van der Waals surface area contributed by atoms with Crippen LogP contribution in [-0.4, -0.2) is 13.3 Å². The van der Waals surface area contributed by atoms with E-state index in [0.717, 1.165) is 11.3 Å². The van der Waals surface area contributed by atoms with Crippen molar-refractivity contribution in [2.75, 3.05) is 7.11 Å². The van der Waals surface area contributed by atoms with E-state index < -0.39 is 0 Å². The van der Waals surface area contributed by atoms with Crippen molar-refractivity contribution >= 4 is 6.21 Å². The van der Waals surface area contributed by atoms with Crippen LogP contribution in [-0.2, 0) is 6.54 Å². The maximum absolute atomic E-state index is 5.28. The molecule has 0 bridgehead atoms. The van der Waals surface area contributed by atoms with Crippen molar-refractivity contribution in [1.29, 1.82) is 0 Å². The van der Waals surface area contributed by atoms with Crippen LogP contribution < -0.4 is 4.74 Å². The van der Waals surface area contributed by atoms with Gasteiger partial charge in [-0.1, -0.05) is 36.4 Å². The first-order valence-corrected chi connectivity index (χ1v) is 5.98. The molecule has 2 rings (SSSR count). The minimum atomic E-state index is 0.699. The zero-order valence-electron chi connectivity index (χ0n) is 10.8. The highest BCUT2D eigenvalue weighted by Crippen LogP contribution is 2.15. The van der Waals surface area contributed by atoms with Crippen molar-refractivity contribution in [1.82, 2.24) is 0 Å². The van der Waals surface area contributed by atoms with Crippen LogP contribution in [0.2, 0.25) is 0 Å². The molecule has 0 N–H and O–H groups in total. The van der Waals surface area contributed by atoms with E-state index in [1.165, 1.54) is 11.1 Å². The Bertz CT molecular complexity index is 546. The smallest absolute Gasteiger partial charge is 0.127 e. The lowest BCUT2D eigenvalue weighted by molar-refractivity contribution is 0.414. The Morgan fingerprint density at radius 2 is 1.78 bits per heavy atom. The molecule has 0 aliphatic heterocycles. The van der Waals surface area contributed by atoms with Gasteiger partial charge in [-0.2, -0.15) is 0 Å². The van der Waals surface area contributed by atoms with E-state index in [2.05, 4.69) is 24.0 Å². The fourth-order valence-corrected chi connectivity index (χ4v) is 1.80. The number of para-hydroxylation sites is 1. The zero-order chi connectivity index (χ0) is 12.8. The summed E-state index contributed by atoms with van der Waals surface area (Å²) < 4.78 is 5.28. The standard InChI is InChI=1S/C16H17NO/c1-13-7-3-4-8-14(13)11-17-12-15-9-5-6-10-16(15)18-2/h3-10,12H,11H2,1-2H3. The van der Waals surface area contributed by atoms with Crippen molar-refractivity contribution in [2.24, 2.45) is 4.99 Å². The second kappa shape index (κ2) is 6.01. The average molecular weight is 239 g/mol. The van der Waals surface area contributed by atoms with Crippen LogP contribution in [0.1, 0.15) is 16.7 Å². The van der Waals surface area contributed by atoms with Crippen LogP contribution in [0.4, 0.5) is 0 Å². The van der Waals surface area contributed by atoms with Gasteiger partial charge < -0.3 is 4.74 Å². The fourth-order valence-electron chi connectivity index (χ4n) is 1.80. The number of benzene rings is 2. The number of aliphatic imine (C=N–C) groups is 1. The molecular weight excluding hydrogens is 222 g/mol. The highest BCUT2D eigenvalue weighted by molar-refractivity contribution is 5.83. The molecule has 0 saturated heterocycles. The third-order valence-corrected chi connectivity index (χ3v) is 2.89. The number of aryl methyl sites for hydroxylation is 1. The normalized spacial score (nSPS) is 10.8.